The van der Waals surface area contributed by atoms with Crippen LogP contribution in [0.5, 0.6) is 5.75 Å². The van der Waals surface area contributed by atoms with Gasteiger partial charge in [-0.15, -0.1) is 0 Å². The Kier molecular flexibility index (Phi) is 7.59. The molecule has 0 unspecified atom stereocenters. The first-order chi connectivity index (χ1) is 16.9. The van der Waals surface area contributed by atoms with Gasteiger partial charge in [-0.1, -0.05) is 81.3 Å². The van der Waals surface area contributed by atoms with Crippen molar-refractivity contribution in [2.75, 3.05) is 0 Å². The van der Waals surface area contributed by atoms with Gasteiger partial charge in [0.2, 0.25) is 8.32 Å². The van der Waals surface area contributed by atoms with Crippen LogP contribution in [0.25, 0.3) is 0 Å². The summed E-state index contributed by atoms with van der Waals surface area (Å²) in [5, 5.41) is 0. The SMILES string of the molecule is CC(=O)Oc1cccc2c1C(=O)[C@@H]1CC=C3CCC[C@@H](O[Si](C(C)C)(C(C)C)C(C)C)[C@@H]3[C@]1(Br)C2=O. The first kappa shape index (κ1) is 27.5. The van der Waals surface area contributed by atoms with Crippen LogP contribution in [0, 0.1) is 11.8 Å². The number of ether oxygens (including phenoxy) is 1. The molecule has 3 aliphatic carbocycles. The van der Waals surface area contributed by atoms with Gasteiger partial charge in [-0.25, -0.2) is 0 Å². The molecular formula is C29H39BrO5Si. The van der Waals surface area contributed by atoms with E-state index in [0.717, 1.165) is 19.3 Å². The minimum absolute atomic E-state index is 0.104. The predicted molar refractivity (Wildman–Crippen MR) is 148 cm³/mol. The van der Waals surface area contributed by atoms with Gasteiger partial charge in [0.25, 0.3) is 0 Å². The van der Waals surface area contributed by atoms with Crippen LogP contribution in [0.2, 0.25) is 16.6 Å². The Bertz CT molecular complexity index is 1090. The molecule has 0 saturated heterocycles. The molecule has 0 spiro atoms. The Labute approximate surface area is 224 Å². The third-order valence-corrected chi connectivity index (χ3v) is 16.3. The second-order valence-corrected chi connectivity index (χ2v) is 18.4. The summed E-state index contributed by atoms with van der Waals surface area (Å²) >= 11 is 3.94. The fourth-order valence-electron chi connectivity index (χ4n) is 7.48. The van der Waals surface area contributed by atoms with E-state index in [9.17, 15) is 14.4 Å². The lowest BCUT2D eigenvalue weighted by Crippen LogP contribution is -2.61. The summed E-state index contributed by atoms with van der Waals surface area (Å²) in [6.07, 6.45) is 5.37. The Morgan fingerprint density at radius 1 is 1.08 bits per heavy atom. The molecule has 1 saturated carbocycles. The van der Waals surface area contributed by atoms with E-state index in [1.807, 2.05) is 0 Å². The van der Waals surface area contributed by atoms with E-state index in [-0.39, 0.29) is 34.9 Å². The number of hydrogen-bond acceptors (Lipinski definition) is 5. The van der Waals surface area contributed by atoms with Gasteiger partial charge >= 0.3 is 5.97 Å². The molecule has 1 fully saturated rings. The van der Waals surface area contributed by atoms with E-state index in [1.54, 1.807) is 18.2 Å². The third kappa shape index (κ3) is 4.10. The molecule has 0 aliphatic heterocycles. The molecule has 0 amide bonds. The van der Waals surface area contributed by atoms with Gasteiger partial charge in [-0.2, -0.15) is 0 Å². The second kappa shape index (κ2) is 9.95. The van der Waals surface area contributed by atoms with Crippen molar-refractivity contribution in [3.8, 4) is 5.75 Å². The summed E-state index contributed by atoms with van der Waals surface area (Å²) in [5.74, 6) is -1.35. The number of allylic oxidation sites excluding steroid dienone is 1. The molecule has 0 bridgehead atoms. The maximum absolute atomic E-state index is 14.3. The molecule has 1 aromatic carbocycles. The molecule has 36 heavy (non-hydrogen) atoms. The van der Waals surface area contributed by atoms with E-state index in [4.69, 9.17) is 9.16 Å². The Hall–Kier alpha value is -1.57. The van der Waals surface area contributed by atoms with Gasteiger partial charge in [0.05, 0.1) is 11.7 Å². The van der Waals surface area contributed by atoms with Crippen molar-refractivity contribution in [3.05, 3.63) is 41.0 Å². The first-order valence-corrected chi connectivity index (χ1v) is 16.3. The van der Waals surface area contributed by atoms with Gasteiger partial charge in [0, 0.05) is 24.3 Å². The highest BCUT2D eigenvalue weighted by molar-refractivity contribution is 9.10. The zero-order chi connectivity index (χ0) is 26.6. The monoisotopic (exact) mass is 574 g/mol. The molecule has 5 nitrogen and oxygen atoms in total. The van der Waals surface area contributed by atoms with Crippen LogP contribution >= 0.6 is 15.9 Å². The van der Waals surface area contributed by atoms with Crippen molar-refractivity contribution in [1.82, 2.24) is 0 Å². The zero-order valence-corrected chi connectivity index (χ0v) is 25.1. The molecule has 0 radical (unpaired) electrons. The molecule has 0 heterocycles. The van der Waals surface area contributed by atoms with Crippen molar-refractivity contribution in [1.29, 1.82) is 0 Å². The smallest absolute Gasteiger partial charge is 0.308 e. The number of hydrogen-bond donors (Lipinski definition) is 0. The second-order valence-electron chi connectivity index (χ2n) is 11.6. The van der Waals surface area contributed by atoms with Crippen molar-refractivity contribution in [2.45, 2.75) is 101 Å². The Balaban J connectivity index is 1.83. The Morgan fingerprint density at radius 2 is 1.72 bits per heavy atom. The highest BCUT2D eigenvalue weighted by atomic mass is 79.9. The van der Waals surface area contributed by atoms with Gasteiger partial charge in [-0.05, 0) is 48.4 Å². The van der Waals surface area contributed by atoms with Crippen LogP contribution in [-0.2, 0) is 9.22 Å². The predicted octanol–water partition coefficient (Wildman–Crippen LogP) is 7.43. The summed E-state index contributed by atoms with van der Waals surface area (Å²) in [4.78, 5) is 40.0. The Morgan fingerprint density at radius 3 is 2.31 bits per heavy atom. The summed E-state index contributed by atoms with van der Waals surface area (Å²) in [6, 6.07) is 4.96. The first-order valence-electron chi connectivity index (χ1n) is 13.3. The number of benzene rings is 1. The van der Waals surface area contributed by atoms with Crippen LogP contribution in [0.15, 0.2) is 29.8 Å². The minimum atomic E-state index is -2.22. The van der Waals surface area contributed by atoms with E-state index >= 15 is 0 Å². The number of alkyl halides is 1. The van der Waals surface area contributed by atoms with E-state index in [1.165, 1.54) is 12.5 Å². The van der Waals surface area contributed by atoms with Crippen molar-refractivity contribution in [3.63, 3.8) is 0 Å². The summed E-state index contributed by atoms with van der Waals surface area (Å²) in [5.41, 5.74) is 3.07. The fourth-order valence-corrected chi connectivity index (χ4v) is 14.3. The molecule has 4 atom stereocenters. The van der Waals surface area contributed by atoms with Crippen molar-refractivity contribution < 1.29 is 23.5 Å². The van der Waals surface area contributed by atoms with Crippen LogP contribution in [0.3, 0.4) is 0 Å². The lowest BCUT2D eigenvalue weighted by molar-refractivity contribution is -0.131. The standard InChI is InChI=1S/C29H39BrO5Si/c1-16(2)36(17(3)4,18(5)6)35-24-13-8-10-20-14-15-22-27(32)25-21(28(33)29(22,30)26(20)24)11-9-12-23(25)34-19(7)31/h9,11-12,14,16-18,22,24,26H,8,10,13,15H2,1-7H3/t22-,24+,26+,29-/m0/s1. The van der Waals surface area contributed by atoms with E-state index in [2.05, 4.69) is 63.5 Å². The summed E-state index contributed by atoms with van der Waals surface area (Å²) in [6.45, 7) is 15.0. The maximum atomic E-state index is 14.3. The van der Waals surface area contributed by atoms with Gasteiger partial charge < -0.3 is 9.16 Å². The fraction of sp³-hybridized carbons (Fsp3) is 0.621. The van der Waals surface area contributed by atoms with Gasteiger partial charge in [0.15, 0.2) is 11.6 Å². The number of ketones is 2. The average Bonchev–Trinajstić information content (AvgIpc) is 2.79. The molecule has 1 aromatic rings. The highest BCUT2D eigenvalue weighted by Gasteiger charge is 2.62. The number of fused-ring (bicyclic) bond motifs is 4. The van der Waals surface area contributed by atoms with Gasteiger partial charge in [-0.3, -0.25) is 14.4 Å². The van der Waals surface area contributed by atoms with Crippen LogP contribution < -0.4 is 4.74 Å². The number of carbonyl (C=O) groups is 3. The average molecular weight is 576 g/mol. The number of rotatable bonds is 6. The van der Waals surface area contributed by atoms with Crippen LogP contribution in [0.4, 0.5) is 0 Å². The lowest BCUT2D eigenvalue weighted by atomic mass is 9.59. The normalized spacial score (nSPS) is 28.1. The van der Waals surface area contributed by atoms with E-state index in [0.29, 0.717) is 28.6 Å². The van der Waals surface area contributed by atoms with E-state index < -0.39 is 24.5 Å². The van der Waals surface area contributed by atoms with Crippen molar-refractivity contribution >= 4 is 41.8 Å². The summed E-state index contributed by atoms with van der Waals surface area (Å²) in [7, 11) is -2.22. The number of carbonyl (C=O) groups excluding carboxylic acids is 3. The van der Waals surface area contributed by atoms with Crippen LogP contribution in [-0.4, -0.2) is 36.3 Å². The summed E-state index contributed by atoms with van der Waals surface area (Å²) < 4.78 is 11.6. The molecule has 3 aliphatic rings. The number of halogens is 1. The molecule has 196 valence electrons. The zero-order valence-electron chi connectivity index (χ0n) is 22.5. The molecule has 7 heteroatoms. The van der Waals surface area contributed by atoms with Crippen molar-refractivity contribution in [2.24, 2.45) is 11.8 Å². The molecule has 0 aromatic heterocycles. The highest BCUT2D eigenvalue weighted by Crippen LogP contribution is 2.57. The topological polar surface area (TPSA) is 69.7 Å². The quantitative estimate of drug-likeness (QED) is 0.116. The lowest BCUT2D eigenvalue weighted by Gasteiger charge is -2.54. The molecule has 0 N–H and O–H groups in total. The minimum Gasteiger partial charge on any atom is -0.426 e. The third-order valence-electron chi connectivity index (χ3n) is 8.80. The number of Topliss-reactive ketones (excluding diaryl/α,β-unsaturated/α-hetero) is 2. The van der Waals surface area contributed by atoms with Crippen LogP contribution in [0.1, 0.15) is 94.9 Å². The maximum Gasteiger partial charge on any atom is 0.308 e. The van der Waals surface area contributed by atoms with Gasteiger partial charge in [0.1, 0.15) is 10.1 Å². The largest absolute Gasteiger partial charge is 0.426 e. The molecule has 4 rings (SSSR count). The molecular weight excluding hydrogens is 536 g/mol. The number of esters is 1.